The number of nitrogens with zero attached hydrogens (tertiary/aromatic N) is 4. The Morgan fingerprint density at radius 1 is 1.36 bits per heavy atom. The monoisotopic (exact) mass is 471 g/mol. The molecule has 1 aliphatic heterocycles. The second-order valence-corrected chi connectivity index (χ2v) is 8.35. The van der Waals surface area contributed by atoms with Gasteiger partial charge >= 0.3 is 0 Å². The molecule has 1 aliphatic rings. The lowest BCUT2D eigenvalue weighted by Gasteiger charge is -2.31. The van der Waals surface area contributed by atoms with E-state index in [2.05, 4.69) is 20.2 Å². The molecule has 0 unspecified atom stereocenters. The van der Waals surface area contributed by atoms with Gasteiger partial charge in [0.15, 0.2) is 17.4 Å². The first-order valence-corrected chi connectivity index (χ1v) is 11.2. The van der Waals surface area contributed by atoms with E-state index in [9.17, 15) is 9.59 Å². The van der Waals surface area contributed by atoms with Crippen molar-refractivity contribution < 1.29 is 14.3 Å². The third-order valence-corrected chi connectivity index (χ3v) is 5.77. The van der Waals surface area contributed by atoms with Crippen molar-refractivity contribution in [2.24, 2.45) is 7.05 Å². The molecule has 0 bridgehead atoms. The molecule has 0 saturated carbocycles. The smallest absolute Gasteiger partial charge is 0.293 e. The lowest BCUT2D eigenvalue weighted by atomic mass is 10.2. The van der Waals surface area contributed by atoms with Gasteiger partial charge in [0, 0.05) is 37.6 Å². The van der Waals surface area contributed by atoms with E-state index in [1.165, 1.54) is 4.57 Å². The Labute approximate surface area is 196 Å². The van der Waals surface area contributed by atoms with Crippen LogP contribution in [0.5, 0.6) is 5.75 Å². The van der Waals surface area contributed by atoms with Gasteiger partial charge in [-0.05, 0) is 31.2 Å². The largest absolute Gasteiger partial charge is 0.480 e. The second-order valence-electron chi connectivity index (χ2n) is 7.95. The fourth-order valence-electron chi connectivity index (χ4n) is 3.63. The summed E-state index contributed by atoms with van der Waals surface area (Å²) in [7, 11) is 1.67. The summed E-state index contributed by atoms with van der Waals surface area (Å²) in [5, 5.41) is 4.41. The van der Waals surface area contributed by atoms with E-state index in [0.717, 1.165) is 16.6 Å². The zero-order valence-electron chi connectivity index (χ0n) is 18.8. The topological polar surface area (TPSA) is 98.6 Å². The molecule has 2 aromatic heterocycles. The molecule has 0 spiro atoms. The minimum atomic E-state index is -0.296. The van der Waals surface area contributed by atoms with Crippen molar-refractivity contribution >= 4 is 45.7 Å². The van der Waals surface area contributed by atoms with Gasteiger partial charge in [-0.25, -0.2) is 4.98 Å². The fourth-order valence-corrected chi connectivity index (χ4v) is 3.77. The minimum absolute atomic E-state index is 0.0727. The van der Waals surface area contributed by atoms with Crippen LogP contribution in [0.3, 0.4) is 0 Å². The third-order valence-electron chi connectivity index (χ3n) is 5.49. The van der Waals surface area contributed by atoms with Crippen LogP contribution in [-0.4, -0.2) is 52.7 Å². The van der Waals surface area contributed by atoms with Crippen LogP contribution < -0.4 is 20.5 Å². The summed E-state index contributed by atoms with van der Waals surface area (Å²) in [4.78, 5) is 35.2. The summed E-state index contributed by atoms with van der Waals surface area (Å²) in [6.45, 7) is 5.67. The van der Waals surface area contributed by atoms with E-state index >= 15 is 0 Å². The maximum Gasteiger partial charge on any atom is 0.293 e. The number of nitrogens with one attached hydrogen (secondary N) is 1. The minimum Gasteiger partial charge on any atom is -0.480 e. The van der Waals surface area contributed by atoms with Gasteiger partial charge in [-0.1, -0.05) is 18.5 Å². The normalized spacial score (nSPS) is 16.1. The molecule has 1 N–H and O–H groups in total. The van der Waals surface area contributed by atoms with E-state index in [1.54, 1.807) is 26.2 Å². The van der Waals surface area contributed by atoms with E-state index < -0.39 is 0 Å². The number of carbonyl (C=O) groups is 1. The SMILES string of the molecule is CCC(=O)COc1cc2cc(Nc3nc(N4CCO[C@H](C)C4)ncc3Cl)ccc2n(C)c1=O. The fraction of sp³-hybridized carbons (Fsp3) is 0.391. The molecule has 9 nitrogen and oxygen atoms in total. The highest BCUT2D eigenvalue weighted by molar-refractivity contribution is 6.32. The van der Waals surface area contributed by atoms with Crippen LogP contribution in [0.25, 0.3) is 10.9 Å². The van der Waals surface area contributed by atoms with Gasteiger partial charge < -0.3 is 24.3 Å². The number of fused-ring (bicyclic) bond motifs is 1. The molecular formula is C23H26ClN5O4. The lowest BCUT2D eigenvalue weighted by Crippen LogP contribution is -2.42. The Bertz CT molecular complexity index is 1250. The molecule has 1 saturated heterocycles. The predicted molar refractivity (Wildman–Crippen MR) is 128 cm³/mol. The average Bonchev–Trinajstić information content (AvgIpc) is 2.81. The molecule has 3 heterocycles. The Kier molecular flexibility index (Phi) is 6.80. The predicted octanol–water partition coefficient (Wildman–Crippen LogP) is 3.31. The molecule has 1 aromatic carbocycles. The molecule has 33 heavy (non-hydrogen) atoms. The van der Waals surface area contributed by atoms with Crippen molar-refractivity contribution in [3.05, 3.63) is 45.8 Å². The van der Waals surface area contributed by atoms with E-state index in [1.807, 2.05) is 25.1 Å². The van der Waals surface area contributed by atoms with Gasteiger partial charge in [0.1, 0.15) is 11.6 Å². The number of halogens is 1. The number of Topliss-reactive ketones (excluding diaryl/α,β-unsaturated/α-hetero) is 1. The quantitative estimate of drug-likeness (QED) is 0.560. The van der Waals surface area contributed by atoms with Crippen molar-refractivity contribution in [3.63, 3.8) is 0 Å². The maximum atomic E-state index is 12.6. The van der Waals surface area contributed by atoms with Crippen LogP contribution in [0.4, 0.5) is 17.5 Å². The number of aryl methyl sites for hydroxylation is 1. The third kappa shape index (κ3) is 5.09. The number of ether oxygens (including phenoxy) is 2. The van der Waals surface area contributed by atoms with Crippen molar-refractivity contribution in [2.75, 3.05) is 36.5 Å². The summed E-state index contributed by atoms with van der Waals surface area (Å²) in [6.07, 6.45) is 2.03. The van der Waals surface area contributed by atoms with Crippen LogP contribution in [-0.2, 0) is 16.6 Å². The Hall–Kier alpha value is -3.17. The van der Waals surface area contributed by atoms with E-state index in [-0.39, 0.29) is 29.8 Å². The maximum absolute atomic E-state index is 12.6. The molecule has 10 heteroatoms. The van der Waals surface area contributed by atoms with Crippen molar-refractivity contribution in [1.29, 1.82) is 0 Å². The molecule has 174 valence electrons. The zero-order valence-corrected chi connectivity index (χ0v) is 19.6. The number of hydrogen-bond acceptors (Lipinski definition) is 8. The Balaban J connectivity index is 1.62. The molecule has 0 radical (unpaired) electrons. The van der Waals surface area contributed by atoms with Gasteiger partial charge in [-0.15, -0.1) is 0 Å². The van der Waals surface area contributed by atoms with Crippen molar-refractivity contribution in [1.82, 2.24) is 14.5 Å². The first-order valence-electron chi connectivity index (χ1n) is 10.8. The summed E-state index contributed by atoms with van der Waals surface area (Å²) in [5.74, 6) is 1.12. The van der Waals surface area contributed by atoms with Gasteiger partial charge in [0.2, 0.25) is 5.95 Å². The second kappa shape index (κ2) is 9.76. The number of benzene rings is 1. The van der Waals surface area contributed by atoms with Gasteiger partial charge in [0.25, 0.3) is 5.56 Å². The first-order chi connectivity index (χ1) is 15.9. The van der Waals surface area contributed by atoms with Crippen LogP contribution >= 0.6 is 11.6 Å². The summed E-state index contributed by atoms with van der Waals surface area (Å²) in [5.41, 5.74) is 1.17. The zero-order chi connectivity index (χ0) is 23.5. The van der Waals surface area contributed by atoms with Gasteiger partial charge in [0.05, 0.1) is 24.4 Å². The number of morpholine rings is 1. The number of rotatable bonds is 7. The molecule has 0 aliphatic carbocycles. The number of ketones is 1. The molecular weight excluding hydrogens is 446 g/mol. The Morgan fingerprint density at radius 3 is 2.94 bits per heavy atom. The van der Waals surface area contributed by atoms with Crippen LogP contribution in [0, 0.1) is 0 Å². The molecule has 4 rings (SSSR count). The Morgan fingerprint density at radius 2 is 2.18 bits per heavy atom. The summed E-state index contributed by atoms with van der Waals surface area (Å²) in [6, 6.07) is 7.20. The van der Waals surface area contributed by atoms with Crippen molar-refractivity contribution in [3.8, 4) is 5.75 Å². The van der Waals surface area contributed by atoms with E-state index in [0.29, 0.717) is 42.9 Å². The van der Waals surface area contributed by atoms with Crippen LogP contribution in [0.15, 0.2) is 35.3 Å². The summed E-state index contributed by atoms with van der Waals surface area (Å²) >= 11 is 6.36. The highest BCUT2D eigenvalue weighted by atomic mass is 35.5. The number of anilines is 3. The number of carbonyl (C=O) groups excluding carboxylic acids is 1. The molecule has 0 amide bonds. The number of hydrogen-bond donors (Lipinski definition) is 1. The average molecular weight is 472 g/mol. The van der Waals surface area contributed by atoms with Crippen LogP contribution in [0.2, 0.25) is 5.02 Å². The summed E-state index contributed by atoms with van der Waals surface area (Å²) < 4.78 is 12.6. The van der Waals surface area contributed by atoms with Gasteiger partial charge in [-0.3, -0.25) is 9.59 Å². The molecule has 3 aromatic rings. The molecule has 1 fully saturated rings. The lowest BCUT2D eigenvalue weighted by molar-refractivity contribution is -0.120. The first kappa shape index (κ1) is 23.0. The van der Waals surface area contributed by atoms with Gasteiger partial charge in [-0.2, -0.15) is 4.98 Å². The molecule has 1 atom stereocenters. The van der Waals surface area contributed by atoms with Crippen molar-refractivity contribution in [2.45, 2.75) is 26.4 Å². The highest BCUT2D eigenvalue weighted by Crippen LogP contribution is 2.28. The van der Waals surface area contributed by atoms with E-state index in [4.69, 9.17) is 21.1 Å². The number of aromatic nitrogens is 3. The van der Waals surface area contributed by atoms with Crippen LogP contribution in [0.1, 0.15) is 20.3 Å². The highest BCUT2D eigenvalue weighted by Gasteiger charge is 2.20. The number of pyridine rings is 1. The standard InChI is InChI=1S/C23H26ClN5O4/c1-4-17(30)13-33-20-10-15-9-16(5-6-19(15)28(3)22(20)31)26-21-18(24)11-25-23(27-21)29-7-8-32-14(2)12-29/h5-6,9-11,14H,4,7-8,12-13H2,1-3H3,(H,25,26,27)/t14-/m1/s1.